The highest BCUT2D eigenvalue weighted by atomic mass is 35.5. The zero-order valence-electron chi connectivity index (χ0n) is 17.5. The molecule has 29 heavy (non-hydrogen) atoms. The van der Waals surface area contributed by atoms with Crippen molar-refractivity contribution in [3.8, 4) is 0 Å². The second kappa shape index (κ2) is 14.0. The van der Waals surface area contributed by atoms with Gasteiger partial charge in [-0.1, -0.05) is 37.4 Å². The van der Waals surface area contributed by atoms with Crippen molar-refractivity contribution in [1.29, 1.82) is 0 Å². The van der Waals surface area contributed by atoms with Gasteiger partial charge in [0.1, 0.15) is 0 Å². The van der Waals surface area contributed by atoms with Crippen molar-refractivity contribution >= 4 is 35.9 Å². The van der Waals surface area contributed by atoms with Gasteiger partial charge in [0.25, 0.3) is 11.1 Å². The fourth-order valence-corrected chi connectivity index (χ4v) is 4.04. The van der Waals surface area contributed by atoms with Crippen LogP contribution >= 0.6 is 24.2 Å². The number of carbonyl (C=O) groups excluding carboxylic acids is 2. The molecule has 0 spiro atoms. The first-order chi connectivity index (χ1) is 13.5. The number of amides is 1. The van der Waals surface area contributed by atoms with Crippen molar-refractivity contribution in [2.24, 2.45) is 5.92 Å². The number of thioether (sulfide) groups is 1. The number of methoxy groups -OCH3 is 1. The van der Waals surface area contributed by atoms with Gasteiger partial charge in [0.2, 0.25) is 11.7 Å². The summed E-state index contributed by atoms with van der Waals surface area (Å²) in [7, 11) is 5.54. The Bertz CT molecular complexity index is 621. The molecule has 1 aliphatic rings. The Kier molecular flexibility index (Phi) is 12.4. The van der Waals surface area contributed by atoms with Crippen molar-refractivity contribution in [3.05, 3.63) is 5.89 Å². The van der Waals surface area contributed by atoms with Crippen molar-refractivity contribution in [2.75, 3.05) is 40.1 Å². The fraction of sp³-hybridized carbons (Fsp3) is 0.789. The van der Waals surface area contributed by atoms with Gasteiger partial charge < -0.3 is 19.4 Å². The quantitative estimate of drug-likeness (QED) is 0.313. The van der Waals surface area contributed by atoms with Crippen LogP contribution in [0.5, 0.6) is 0 Å². The first-order valence-corrected chi connectivity index (χ1v) is 10.9. The molecule has 1 amide bonds. The highest BCUT2D eigenvalue weighted by molar-refractivity contribution is 7.99. The summed E-state index contributed by atoms with van der Waals surface area (Å²) in [6.07, 6.45) is 6.60. The SMILES string of the molecule is COCCC(NC(=O)C1CCCCCC1)C(=O)c1nnc(SCCN(C)C)o1.Cl. The molecular formula is C19H33ClN4O4S. The second-order valence-electron chi connectivity index (χ2n) is 7.42. The summed E-state index contributed by atoms with van der Waals surface area (Å²) in [4.78, 5) is 27.6. The van der Waals surface area contributed by atoms with E-state index in [1.807, 2.05) is 14.1 Å². The predicted octanol–water partition coefficient (Wildman–Crippen LogP) is 2.82. The number of nitrogens with zero attached hydrogens (tertiary/aromatic N) is 3. The number of hydrogen-bond donors (Lipinski definition) is 1. The van der Waals surface area contributed by atoms with Gasteiger partial charge in [-0.15, -0.1) is 22.6 Å². The number of hydrogen-bond acceptors (Lipinski definition) is 8. The van der Waals surface area contributed by atoms with Gasteiger partial charge in [0, 0.05) is 31.9 Å². The Labute approximate surface area is 183 Å². The lowest BCUT2D eigenvalue weighted by Gasteiger charge is -2.20. The van der Waals surface area contributed by atoms with Crippen LogP contribution in [0.3, 0.4) is 0 Å². The number of Topliss-reactive ketones (excluding diaryl/α,β-unsaturated/α-hetero) is 1. The lowest BCUT2D eigenvalue weighted by molar-refractivity contribution is -0.126. The molecule has 1 fully saturated rings. The normalized spacial score (nSPS) is 16.1. The number of nitrogens with one attached hydrogen (secondary N) is 1. The first-order valence-electron chi connectivity index (χ1n) is 9.95. The van der Waals surface area contributed by atoms with Crippen LogP contribution < -0.4 is 5.32 Å². The highest BCUT2D eigenvalue weighted by Crippen LogP contribution is 2.23. The number of ketones is 1. The number of aromatic nitrogens is 2. The Balaban J connectivity index is 0.00000420. The average molecular weight is 449 g/mol. The van der Waals surface area contributed by atoms with E-state index in [0.29, 0.717) is 18.3 Å². The molecule has 0 radical (unpaired) electrons. The molecule has 1 aromatic heterocycles. The molecule has 8 nitrogen and oxygen atoms in total. The lowest BCUT2D eigenvalue weighted by Crippen LogP contribution is -2.44. The van der Waals surface area contributed by atoms with E-state index in [2.05, 4.69) is 20.4 Å². The molecule has 2 rings (SSSR count). The summed E-state index contributed by atoms with van der Waals surface area (Å²) < 4.78 is 10.6. The lowest BCUT2D eigenvalue weighted by atomic mass is 9.98. The van der Waals surface area contributed by atoms with Crippen LogP contribution in [0, 0.1) is 5.92 Å². The summed E-state index contributed by atoms with van der Waals surface area (Å²) in [5, 5.41) is 11.1. The third-order valence-electron chi connectivity index (χ3n) is 4.85. The zero-order chi connectivity index (χ0) is 20.4. The van der Waals surface area contributed by atoms with Gasteiger partial charge in [-0.3, -0.25) is 9.59 Å². The predicted molar refractivity (Wildman–Crippen MR) is 115 cm³/mol. The molecule has 1 aliphatic carbocycles. The smallest absolute Gasteiger partial charge is 0.286 e. The van der Waals surface area contributed by atoms with Crippen LogP contribution in [-0.2, 0) is 9.53 Å². The number of ether oxygens (including phenoxy) is 1. The molecule has 1 atom stereocenters. The van der Waals surface area contributed by atoms with E-state index in [-0.39, 0.29) is 35.9 Å². The molecular weight excluding hydrogens is 416 g/mol. The monoisotopic (exact) mass is 448 g/mol. The maximum absolute atomic E-state index is 12.8. The maximum Gasteiger partial charge on any atom is 0.286 e. The van der Waals surface area contributed by atoms with Crippen LogP contribution in [0.25, 0.3) is 0 Å². The summed E-state index contributed by atoms with van der Waals surface area (Å²) in [5.74, 6) is 0.283. The third-order valence-corrected chi connectivity index (χ3v) is 5.65. The van der Waals surface area contributed by atoms with Crippen molar-refractivity contribution in [3.63, 3.8) is 0 Å². The molecule has 1 aromatic rings. The minimum Gasteiger partial charge on any atom is -0.408 e. The van der Waals surface area contributed by atoms with Gasteiger partial charge in [0.15, 0.2) is 0 Å². The summed E-state index contributed by atoms with van der Waals surface area (Å²) in [6.45, 7) is 1.23. The Morgan fingerprint density at radius 1 is 1.24 bits per heavy atom. The maximum atomic E-state index is 12.8. The van der Waals surface area contributed by atoms with E-state index < -0.39 is 6.04 Å². The Hall–Kier alpha value is -1.16. The van der Waals surface area contributed by atoms with Crippen molar-refractivity contribution in [1.82, 2.24) is 20.4 Å². The average Bonchev–Trinajstić information content (AvgIpc) is 2.96. The van der Waals surface area contributed by atoms with E-state index in [4.69, 9.17) is 9.15 Å². The zero-order valence-corrected chi connectivity index (χ0v) is 19.1. The molecule has 0 aliphatic heterocycles. The minimum absolute atomic E-state index is 0. The van der Waals surface area contributed by atoms with Crippen molar-refractivity contribution < 1.29 is 18.7 Å². The largest absolute Gasteiger partial charge is 0.408 e. The van der Waals surface area contributed by atoms with Gasteiger partial charge in [-0.2, -0.15) is 0 Å². The van der Waals surface area contributed by atoms with Crippen LogP contribution in [-0.4, -0.2) is 72.9 Å². The van der Waals surface area contributed by atoms with Crippen LogP contribution in [0.1, 0.15) is 55.6 Å². The summed E-state index contributed by atoms with van der Waals surface area (Å²) in [5.41, 5.74) is 0. The fourth-order valence-electron chi connectivity index (χ4n) is 3.17. The van der Waals surface area contributed by atoms with Crippen LogP contribution in [0.15, 0.2) is 9.64 Å². The van der Waals surface area contributed by atoms with E-state index in [1.54, 1.807) is 7.11 Å². The van der Waals surface area contributed by atoms with Crippen LogP contribution in [0.4, 0.5) is 0 Å². The van der Waals surface area contributed by atoms with E-state index in [0.717, 1.165) is 38.0 Å². The second-order valence-corrected chi connectivity index (χ2v) is 8.47. The molecule has 166 valence electrons. The molecule has 1 unspecified atom stereocenters. The van der Waals surface area contributed by atoms with Gasteiger partial charge in [-0.25, -0.2) is 0 Å². The summed E-state index contributed by atoms with van der Waals surface area (Å²) in [6, 6.07) is -0.712. The van der Waals surface area contributed by atoms with E-state index in [9.17, 15) is 9.59 Å². The highest BCUT2D eigenvalue weighted by Gasteiger charge is 2.29. The van der Waals surface area contributed by atoms with Gasteiger partial charge in [0.05, 0.1) is 6.04 Å². The molecule has 1 heterocycles. The first kappa shape index (κ1) is 25.9. The molecule has 10 heteroatoms. The Morgan fingerprint density at radius 2 is 1.93 bits per heavy atom. The summed E-state index contributed by atoms with van der Waals surface area (Å²) >= 11 is 1.41. The minimum atomic E-state index is -0.712. The topological polar surface area (TPSA) is 97.6 Å². The molecule has 0 saturated heterocycles. The van der Waals surface area contributed by atoms with Crippen molar-refractivity contribution in [2.45, 2.75) is 56.2 Å². The number of rotatable bonds is 11. The third kappa shape index (κ3) is 9.02. The number of halogens is 1. The van der Waals surface area contributed by atoms with Gasteiger partial charge in [-0.05, 0) is 33.4 Å². The number of carbonyl (C=O) groups is 2. The standard InChI is InChI=1S/C19H32N4O4S.ClH/c1-23(2)11-13-28-19-22-21-18(27-19)16(24)15(10-12-26-3)20-17(25)14-8-6-4-5-7-9-14;/h14-15H,4-13H2,1-3H3,(H,20,25);1H. The molecule has 1 saturated carbocycles. The molecule has 0 aromatic carbocycles. The molecule has 0 bridgehead atoms. The van der Waals surface area contributed by atoms with Gasteiger partial charge >= 0.3 is 0 Å². The van der Waals surface area contributed by atoms with Crippen LogP contribution in [0.2, 0.25) is 0 Å². The van der Waals surface area contributed by atoms with E-state index in [1.165, 1.54) is 24.6 Å². The Morgan fingerprint density at radius 3 is 2.55 bits per heavy atom. The van der Waals surface area contributed by atoms with E-state index >= 15 is 0 Å². The molecule has 1 N–H and O–H groups in total.